The molecule has 0 saturated carbocycles. The summed E-state index contributed by atoms with van der Waals surface area (Å²) in [5, 5.41) is 0. The average Bonchev–Trinajstić information content (AvgIpc) is 1.54. The fourth-order valence-corrected chi connectivity index (χ4v) is 0. The minimum absolute atomic E-state index is 0. The van der Waals surface area contributed by atoms with Crippen molar-refractivity contribution in [3.05, 3.63) is 0 Å². The number of hydrogen-bond acceptors (Lipinski definition) is 9. The van der Waals surface area contributed by atoms with Gasteiger partial charge in [-0.1, -0.05) is 0 Å². The molecule has 0 atom stereocenters. The van der Waals surface area contributed by atoms with Gasteiger partial charge in [0.25, 0.3) is 0 Å². The maximum Gasteiger partial charge on any atom is 3.00 e. The van der Waals surface area contributed by atoms with Gasteiger partial charge in [-0.3, -0.25) is 0 Å². The van der Waals surface area contributed by atoms with Crippen molar-refractivity contribution in [1.29, 1.82) is 0 Å². The van der Waals surface area contributed by atoms with Crippen molar-refractivity contribution in [2.45, 2.75) is 0 Å². The third-order valence-electron chi connectivity index (χ3n) is 0. The van der Waals surface area contributed by atoms with Gasteiger partial charge in [0, 0.05) is 66.5 Å². The summed E-state index contributed by atoms with van der Waals surface area (Å²) in [6.45, 7) is 0. The van der Waals surface area contributed by atoms with E-state index >= 15 is 0 Å². The van der Waals surface area contributed by atoms with Crippen LogP contribution in [0.1, 0.15) is 5.71 Å². The molecule has 84 valence electrons. The molecule has 0 bridgehead atoms. The maximum absolute atomic E-state index is 8.52. The van der Waals surface area contributed by atoms with Crippen molar-refractivity contribution in [1.82, 2.24) is 0 Å². The standard InChI is InChI=1S/2Al.2Mg.3O3Si.2Zn.4H/c;;;;3*1-4(2)3;;;;;;/q2*+3;2*+2;3*-2;;;4*-1. The summed E-state index contributed by atoms with van der Waals surface area (Å²) in [7, 11) is -10.9. The van der Waals surface area contributed by atoms with Crippen LogP contribution in [0, 0.1) is 0 Å². The topological polar surface area (TPSA) is 190 Å². The minimum atomic E-state index is -3.63. The molecule has 0 amide bonds. The second-order valence-corrected chi connectivity index (χ2v) is 2.25. The van der Waals surface area contributed by atoms with E-state index in [0.29, 0.717) is 0 Å². The maximum atomic E-state index is 8.52. The normalized spacial score (nSPS) is 4.00. The Bertz CT molecular complexity index is 148. The first-order chi connectivity index (χ1) is 5.20. The van der Waals surface area contributed by atoms with Crippen molar-refractivity contribution in [2.75, 3.05) is 0 Å². The molecule has 0 aromatic rings. The molecule has 0 N–H and O–H groups in total. The third-order valence-corrected chi connectivity index (χ3v) is 0. The van der Waals surface area contributed by atoms with Gasteiger partial charge < -0.3 is 47.9 Å². The molecule has 0 aliphatic heterocycles. The third kappa shape index (κ3) is 806. The second-order valence-electron chi connectivity index (χ2n) is 0.750. The van der Waals surface area contributed by atoms with Crippen LogP contribution >= 0.6 is 0 Å². The molecule has 0 aliphatic carbocycles. The van der Waals surface area contributed by atoms with E-state index in [1.807, 2.05) is 0 Å². The molecule has 0 aromatic carbocycles. The first kappa shape index (κ1) is 58.7. The Morgan fingerprint density at radius 2 is 0.556 bits per heavy atom. The molecule has 0 unspecified atom stereocenters. The summed E-state index contributed by atoms with van der Waals surface area (Å²) in [6.07, 6.45) is 0. The van der Waals surface area contributed by atoms with Gasteiger partial charge in [-0.05, 0) is 0 Å². The van der Waals surface area contributed by atoms with Gasteiger partial charge in [-0.15, -0.1) is 0 Å². The van der Waals surface area contributed by atoms with Gasteiger partial charge in [-0.25, -0.2) is 0 Å². The first-order valence-electron chi connectivity index (χ1n) is 1.84. The van der Waals surface area contributed by atoms with Gasteiger partial charge >= 0.3 is 80.8 Å². The van der Waals surface area contributed by atoms with Crippen molar-refractivity contribution in [3.8, 4) is 0 Å². The predicted octanol–water partition coefficient (Wildman–Crippen LogP) is -9.71. The number of rotatable bonds is 0. The van der Waals surface area contributed by atoms with Gasteiger partial charge in [-0.2, -0.15) is 0 Å². The molecule has 18 heavy (non-hydrogen) atoms. The zero-order chi connectivity index (χ0) is 10.7. The van der Waals surface area contributed by atoms with Crippen LogP contribution < -0.4 is 28.8 Å². The van der Waals surface area contributed by atoms with Crippen molar-refractivity contribution >= 4 is 108 Å². The van der Waals surface area contributed by atoms with Crippen molar-refractivity contribution in [3.63, 3.8) is 0 Å². The van der Waals surface area contributed by atoms with E-state index in [1.54, 1.807) is 0 Å². The Labute approximate surface area is 192 Å². The van der Waals surface area contributed by atoms with E-state index in [4.69, 9.17) is 42.2 Å². The van der Waals surface area contributed by atoms with Crippen LogP contribution in [0.5, 0.6) is 0 Å². The predicted molar refractivity (Wildman–Crippen MR) is 46.8 cm³/mol. The smallest absolute Gasteiger partial charge is 1.00 e. The zero-order valence-electron chi connectivity index (χ0n) is 13.2. The minimum Gasteiger partial charge on any atom is -1.00 e. The van der Waals surface area contributed by atoms with Crippen LogP contribution in [0.15, 0.2) is 0 Å². The summed E-state index contributed by atoms with van der Waals surface area (Å²) in [5.41, 5.74) is 0. The molecule has 0 spiro atoms. The Kier molecular flexibility index (Phi) is 164. The SMILES string of the molecule is O=[Si]([O-])[O-].O=[Si]([O-])[O-].O=[Si]([O-])[O-].[Al+3].[Al+3].[H-].[H-].[H-].[H-].[Mg+2].[Mg+2].[Zn].[Zn]. The summed E-state index contributed by atoms with van der Waals surface area (Å²) in [5.74, 6) is 0. The molecule has 0 saturated heterocycles. The monoisotopic (exact) mass is 462 g/mol. The molecule has 0 aromatic heterocycles. The van der Waals surface area contributed by atoms with Gasteiger partial charge in [0.15, 0.2) is 0 Å². The van der Waals surface area contributed by atoms with E-state index in [-0.39, 0.29) is 125 Å². The quantitative estimate of drug-likeness (QED) is 0.313. The second kappa shape index (κ2) is 50.3. The zero-order valence-corrected chi connectivity index (χ0v) is 23.2. The fourth-order valence-electron chi connectivity index (χ4n) is 0. The average molecular weight is 466 g/mol. The molecule has 9 nitrogen and oxygen atoms in total. The Morgan fingerprint density at radius 1 is 0.556 bits per heavy atom. The van der Waals surface area contributed by atoms with Crippen LogP contribution in [-0.2, 0) is 52.3 Å². The van der Waals surface area contributed by atoms with Crippen LogP contribution in [0.25, 0.3) is 0 Å². The molecule has 0 aliphatic rings. The summed E-state index contributed by atoms with van der Waals surface area (Å²) < 4.78 is 25.6. The first-order valence-corrected chi connectivity index (χ1v) is 5.51. The molecular weight excluding hydrogens is 462 g/mol. The molecule has 0 fully saturated rings. The van der Waals surface area contributed by atoms with E-state index in [0.717, 1.165) is 0 Å². The molecule has 0 rings (SSSR count). The summed E-state index contributed by atoms with van der Waals surface area (Å²) >= 11 is 0. The Morgan fingerprint density at radius 3 is 0.556 bits per heavy atom. The van der Waals surface area contributed by atoms with Crippen LogP contribution in [0.4, 0.5) is 0 Å². The van der Waals surface area contributed by atoms with E-state index < -0.39 is 27.5 Å². The summed E-state index contributed by atoms with van der Waals surface area (Å²) in [6, 6.07) is 0. The van der Waals surface area contributed by atoms with E-state index in [1.165, 1.54) is 0 Å². The molecule has 18 heteroatoms. The van der Waals surface area contributed by atoms with Crippen LogP contribution in [-0.4, -0.2) is 108 Å². The Balaban J connectivity index is -0.00000000409. The van der Waals surface area contributed by atoms with Gasteiger partial charge in [0.2, 0.25) is 0 Å². The van der Waals surface area contributed by atoms with E-state index in [9.17, 15) is 0 Å². The Hall–Kier alpha value is 2.69. The molecule has 0 heterocycles. The molecule has 0 radical (unpaired) electrons. The number of hydrogen-bond donors (Lipinski definition) is 0. The van der Waals surface area contributed by atoms with Crippen LogP contribution in [0.3, 0.4) is 0 Å². The van der Waals surface area contributed by atoms with Gasteiger partial charge in [0.05, 0.1) is 0 Å². The molecular formula is H4Al2Mg2O9Si3Zn2. The van der Waals surface area contributed by atoms with Crippen LogP contribution in [0.2, 0.25) is 0 Å². The van der Waals surface area contributed by atoms with Gasteiger partial charge in [0.1, 0.15) is 0 Å². The fraction of sp³-hybridized carbons (Fsp3) is 0. The summed E-state index contributed by atoms with van der Waals surface area (Å²) in [4.78, 5) is 51.1. The van der Waals surface area contributed by atoms with E-state index in [2.05, 4.69) is 0 Å². The van der Waals surface area contributed by atoms with Crippen molar-refractivity contribution in [2.24, 2.45) is 0 Å². The largest absolute Gasteiger partial charge is 3.00 e. The van der Waals surface area contributed by atoms with Crippen molar-refractivity contribution < 1.29 is 86.8 Å².